The van der Waals surface area contributed by atoms with Crippen LogP contribution in [0.25, 0.3) is 10.2 Å². The van der Waals surface area contributed by atoms with Gasteiger partial charge in [0.2, 0.25) is 0 Å². The van der Waals surface area contributed by atoms with Crippen molar-refractivity contribution in [2.75, 3.05) is 7.11 Å². The monoisotopic (exact) mass is 306 g/mol. The molecule has 0 amide bonds. The summed E-state index contributed by atoms with van der Waals surface area (Å²) in [6.07, 6.45) is 0. The van der Waals surface area contributed by atoms with Gasteiger partial charge in [0.15, 0.2) is 5.82 Å². The molecule has 0 unspecified atom stereocenters. The summed E-state index contributed by atoms with van der Waals surface area (Å²) in [7, 11) is 1.62. The standard InChI is InChI=1S/C14H11ClN2O2S/c1-18-9-3-2-4-10(7-9)19-8-12-16-13(15)11-5-6-20-14(11)17-12/h2-7H,8H2,1H3. The van der Waals surface area contributed by atoms with Crippen molar-refractivity contribution in [1.29, 1.82) is 0 Å². The van der Waals surface area contributed by atoms with Crippen molar-refractivity contribution in [2.45, 2.75) is 6.61 Å². The third-order valence-electron chi connectivity index (χ3n) is 2.73. The fourth-order valence-corrected chi connectivity index (χ4v) is 2.85. The summed E-state index contributed by atoms with van der Waals surface area (Å²) in [6.45, 7) is 0.265. The fourth-order valence-electron chi connectivity index (χ4n) is 1.76. The molecule has 0 radical (unpaired) electrons. The van der Waals surface area contributed by atoms with Crippen molar-refractivity contribution in [3.8, 4) is 11.5 Å². The van der Waals surface area contributed by atoms with Crippen LogP contribution in [0.5, 0.6) is 11.5 Å². The first-order valence-corrected chi connectivity index (χ1v) is 7.18. The maximum Gasteiger partial charge on any atom is 0.169 e. The van der Waals surface area contributed by atoms with E-state index < -0.39 is 0 Å². The minimum Gasteiger partial charge on any atom is -0.497 e. The summed E-state index contributed by atoms with van der Waals surface area (Å²) in [6, 6.07) is 9.30. The Kier molecular flexibility index (Phi) is 3.71. The van der Waals surface area contributed by atoms with Gasteiger partial charge >= 0.3 is 0 Å². The summed E-state index contributed by atoms with van der Waals surface area (Å²) in [5.74, 6) is 2.01. The van der Waals surface area contributed by atoms with Gasteiger partial charge in [-0.2, -0.15) is 0 Å². The van der Waals surface area contributed by atoms with Crippen molar-refractivity contribution in [1.82, 2.24) is 9.97 Å². The number of rotatable bonds is 4. The van der Waals surface area contributed by atoms with Gasteiger partial charge in [0.05, 0.1) is 7.11 Å². The Morgan fingerprint density at radius 3 is 2.90 bits per heavy atom. The molecular formula is C14H11ClN2O2S. The van der Waals surface area contributed by atoms with Crippen LogP contribution in [0.2, 0.25) is 5.15 Å². The highest BCUT2D eigenvalue weighted by atomic mass is 35.5. The number of ether oxygens (including phenoxy) is 2. The van der Waals surface area contributed by atoms with E-state index in [0.29, 0.717) is 16.7 Å². The van der Waals surface area contributed by atoms with Crippen LogP contribution >= 0.6 is 22.9 Å². The topological polar surface area (TPSA) is 44.2 Å². The van der Waals surface area contributed by atoms with E-state index in [2.05, 4.69) is 9.97 Å². The van der Waals surface area contributed by atoms with Crippen LogP contribution in [0.3, 0.4) is 0 Å². The number of fused-ring (bicyclic) bond motifs is 1. The average Bonchev–Trinajstić information content (AvgIpc) is 2.94. The minimum absolute atomic E-state index is 0.265. The molecule has 20 heavy (non-hydrogen) atoms. The van der Waals surface area contributed by atoms with E-state index in [9.17, 15) is 0 Å². The van der Waals surface area contributed by atoms with Gasteiger partial charge in [-0.15, -0.1) is 11.3 Å². The quantitative estimate of drug-likeness (QED) is 0.685. The molecule has 0 N–H and O–H groups in total. The SMILES string of the molecule is COc1cccc(OCc2nc(Cl)c3ccsc3n2)c1. The number of halogens is 1. The zero-order valence-electron chi connectivity index (χ0n) is 10.7. The summed E-state index contributed by atoms with van der Waals surface area (Å²) in [5.41, 5.74) is 0. The Labute approximate surface area is 125 Å². The van der Waals surface area contributed by atoms with Crippen molar-refractivity contribution in [2.24, 2.45) is 0 Å². The third-order valence-corrected chi connectivity index (χ3v) is 3.83. The Morgan fingerprint density at radius 1 is 1.20 bits per heavy atom. The average molecular weight is 307 g/mol. The first kappa shape index (κ1) is 13.1. The van der Waals surface area contributed by atoms with E-state index in [1.165, 1.54) is 11.3 Å². The van der Waals surface area contributed by atoms with E-state index in [-0.39, 0.29) is 6.61 Å². The Balaban J connectivity index is 1.79. The first-order chi connectivity index (χ1) is 9.76. The summed E-state index contributed by atoms with van der Waals surface area (Å²) in [4.78, 5) is 9.53. The van der Waals surface area contributed by atoms with Gasteiger partial charge in [-0.3, -0.25) is 0 Å². The molecule has 4 nitrogen and oxygen atoms in total. The molecule has 0 fully saturated rings. The molecule has 0 aliphatic rings. The van der Waals surface area contributed by atoms with Crippen LogP contribution in [0, 0.1) is 0 Å². The molecule has 0 aliphatic heterocycles. The lowest BCUT2D eigenvalue weighted by Gasteiger charge is -2.07. The summed E-state index contributed by atoms with van der Waals surface area (Å²) >= 11 is 7.65. The van der Waals surface area contributed by atoms with Gasteiger partial charge in [-0.1, -0.05) is 17.7 Å². The van der Waals surface area contributed by atoms with E-state index >= 15 is 0 Å². The highest BCUT2D eigenvalue weighted by Crippen LogP contribution is 2.25. The zero-order chi connectivity index (χ0) is 13.9. The Morgan fingerprint density at radius 2 is 2.05 bits per heavy atom. The predicted octanol–water partition coefficient (Wildman–Crippen LogP) is 3.93. The highest BCUT2D eigenvalue weighted by Gasteiger charge is 2.07. The molecule has 0 saturated carbocycles. The molecule has 0 spiro atoms. The van der Waals surface area contributed by atoms with E-state index in [1.807, 2.05) is 35.7 Å². The molecule has 0 saturated heterocycles. The normalized spacial score (nSPS) is 10.7. The minimum atomic E-state index is 0.265. The van der Waals surface area contributed by atoms with Crippen LogP contribution in [0.1, 0.15) is 5.82 Å². The molecule has 3 aromatic rings. The first-order valence-electron chi connectivity index (χ1n) is 5.93. The molecule has 102 valence electrons. The van der Waals surface area contributed by atoms with Crippen LogP contribution in [0.4, 0.5) is 0 Å². The third kappa shape index (κ3) is 2.69. The molecule has 0 aliphatic carbocycles. The second-order valence-electron chi connectivity index (χ2n) is 4.04. The fraction of sp³-hybridized carbons (Fsp3) is 0.143. The highest BCUT2D eigenvalue weighted by molar-refractivity contribution is 7.16. The molecule has 3 rings (SSSR count). The second-order valence-corrected chi connectivity index (χ2v) is 5.29. The van der Waals surface area contributed by atoms with Crippen LogP contribution < -0.4 is 9.47 Å². The zero-order valence-corrected chi connectivity index (χ0v) is 12.2. The Hall–Kier alpha value is -1.85. The van der Waals surface area contributed by atoms with E-state index in [0.717, 1.165) is 16.0 Å². The van der Waals surface area contributed by atoms with Crippen molar-refractivity contribution in [3.05, 3.63) is 46.7 Å². The number of benzene rings is 1. The lowest BCUT2D eigenvalue weighted by molar-refractivity contribution is 0.294. The summed E-state index contributed by atoms with van der Waals surface area (Å²) < 4.78 is 10.8. The van der Waals surface area contributed by atoms with Gasteiger partial charge in [-0.25, -0.2) is 9.97 Å². The largest absolute Gasteiger partial charge is 0.497 e. The number of methoxy groups -OCH3 is 1. The number of thiophene rings is 1. The lowest BCUT2D eigenvalue weighted by atomic mass is 10.3. The summed E-state index contributed by atoms with van der Waals surface area (Å²) in [5, 5.41) is 3.28. The number of nitrogens with zero attached hydrogens (tertiary/aromatic N) is 2. The number of hydrogen-bond donors (Lipinski definition) is 0. The van der Waals surface area contributed by atoms with Crippen LogP contribution in [-0.4, -0.2) is 17.1 Å². The molecule has 0 atom stereocenters. The molecule has 1 aromatic carbocycles. The van der Waals surface area contributed by atoms with Crippen molar-refractivity contribution >= 4 is 33.2 Å². The molecule has 6 heteroatoms. The maximum atomic E-state index is 6.11. The second kappa shape index (κ2) is 5.64. The molecule has 2 heterocycles. The Bertz CT molecular complexity index is 745. The lowest BCUT2D eigenvalue weighted by Crippen LogP contribution is -2.01. The van der Waals surface area contributed by atoms with Gasteiger partial charge in [0.1, 0.15) is 28.1 Å². The van der Waals surface area contributed by atoms with Gasteiger partial charge in [0.25, 0.3) is 0 Å². The molecule has 2 aromatic heterocycles. The number of hydrogen-bond acceptors (Lipinski definition) is 5. The smallest absolute Gasteiger partial charge is 0.169 e. The number of aromatic nitrogens is 2. The van der Waals surface area contributed by atoms with Crippen molar-refractivity contribution < 1.29 is 9.47 Å². The van der Waals surface area contributed by atoms with Crippen molar-refractivity contribution in [3.63, 3.8) is 0 Å². The van der Waals surface area contributed by atoms with E-state index in [1.54, 1.807) is 7.11 Å². The van der Waals surface area contributed by atoms with E-state index in [4.69, 9.17) is 21.1 Å². The maximum absolute atomic E-state index is 6.11. The van der Waals surface area contributed by atoms with Gasteiger partial charge in [0, 0.05) is 11.5 Å². The van der Waals surface area contributed by atoms with Gasteiger partial charge in [-0.05, 0) is 23.6 Å². The molecule has 0 bridgehead atoms. The van der Waals surface area contributed by atoms with Crippen LogP contribution in [-0.2, 0) is 6.61 Å². The molecular weight excluding hydrogens is 296 g/mol. The van der Waals surface area contributed by atoms with Crippen LogP contribution in [0.15, 0.2) is 35.7 Å². The van der Waals surface area contributed by atoms with Gasteiger partial charge < -0.3 is 9.47 Å². The predicted molar refractivity (Wildman–Crippen MR) is 79.8 cm³/mol.